The molecule has 2 aliphatic rings. The molecule has 0 amide bonds. The minimum absolute atomic E-state index is 0.390. The van der Waals surface area contributed by atoms with Gasteiger partial charge >= 0.3 is 0 Å². The molecule has 0 bridgehead atoms. The van der Waals surface area contributed by atoms with E-state index in [0.29, 0.717) is 6.04 Å². The lowest BCUT2D eigenvalue weighted by atomic mass is 10.1. The summed E-state index contributed by atoms with van der Waals surface area (Å²) >= 11 is 0. The lowest BCUT2D eigenvalue weighted by Crippen LogP contribution is -2.21. The molecule has 20 heavy (non-hydrogen) atoms. The number of hydrogen-bond acceptors (Lipinski definition) is 1. The first-order valence-corrected chi connectivity index (χ1v) is 7.85. The molecule has 2 aromatic rings. The van der Waals surface area contributed by atoms with Gasteiger partial charge < -0.3 is 5.32 Å². The molecule has 0 atom stereocenters. The normalized spacial score (nSPS) is 17.0. The van der Waals surface area contributed by atoms with Crippen molar-refractivity contribution in [2.75, 3.05) is 6.54 Å². The van der Waals surface area contributed by atoms with Crippen molar-refractivity contribution in [1.29, 1.82) is 0 Å². The topological polar surface area (TPSA) is 12.0 Å². The zero-order valence-corrected chi connectivity index (χ0v) is 11.8. The molecule has 0 spiro atoms. The Morgan fingerprint density at radius 1 is 0.850 bits per heavy atom. The summed E-state index contributed by atoms with van der Waals surface area (Å²) in [5, 5.41) is 3.78. The average Bonchev–Trinajstić information content (AvgIpc) is 3.27. The molecule has 4 rings (SSSR count). The maximum atomic E-state index is 3.78. The van der Waals surface area contributed by atoms with Gasteiger partial charge in [-0.3, -0.25) is 0 Å². The highest BCUT2D eigenvalue weighted by Gasteiger charge is 2.27. The second kappa shape index (κ2) is 5.06. The number of rotatable bonds is 5. The highest BCUT2D eigenvalue weighted by atomic mass is 14.9. The van der Waals surface area contributed by atoms with Gasteiger partial charge in [0.05, 0.1) is 6.04 Å². The Kier molecular flexibility index (Phi) is 3.08. The van der Waals surface area contributed by atoms with Gasteiger partial charge in [0.25, 0.3) is 0 Å². The van der Waals surface area contributed by atoms with E-state index in [4.69, 9.17) is 0 Å². The van der Waals surface area contributed by atoms with Gasteiger partial charge in [-0.1, -0.05) is 61.4 Å². The van der Waals surface area contributed by atoms with Crippen molar-refractivity contribution in [3.05, 3.63) is 59.7 Å². The van der Waals surface area contributed by atoms with Crippen LogP contribution in [0.4, 0.5) is 0 Å². The standard InChI is InChI=1S/C19H21N/c1-3-9-17-15(7-1)16-8-2-4-10-18(16)19(17)20-13-5-6-14-11-12-14/h1-4,7-10,14,19-20H,5-6,11-13H2. The molecule has 2 aliphatic carbocycles. The molecule has 0 aromatic heterocycles. The Balaban J connectivity index is 1.55. The van der Waals surface area contributed by atoms with Gasteiger partial charge in [-0.15, -0.1) is 0 Å². The van der Waals surface area contributed by atoms with Crippen molar-refractivity contribution < 1.29 is 0 Å². The molecule has 1 fully saturated rings. The second-order valence-electron chi connectivity index (χ2n) is 6.15. The molecule has 0 aliphatic heterocycles. The molecule has 2 aromatic carbocycles. The van der Waals surface area contributed by atoms with Crippen LogP contribution in [0.2, 0.25) is 0 Å². The third kappa shape index (κ3) is 2.16. The van der Waals surface area contributed by atoms with E-state index in [-0.39, 0.29) is 0 Å². The molecule has 0 saturated heterocycles. The molecule has 102 valence electrons. The van der Waals surface area contributed by atoms with E-state index >= 15 is 0 Å². The molecule has 1 saturated carbocycles. The molecular formula is C19H21N. The number of fused-ring (bicyclic) bond motifs is 3. The van der Waals surface area contributed by atoms with Crippen LogP contribution in [-0.2, 0) is 0 Å². The monoisotopic (exact) mass is 263 g/mol. The maximum absolute atomic E-state index is 3.78. The van der Waals surface area contributed by atoms with E-state index in [1.165, 1.54) is 47.9 Å². The third-order valence-electron chi connectivity index (χ3n) is 4.67. The quantitative estimate of drug-likeness (QED) is 0.781. The first kappa shape index (κ1) is 12.2. The largest absolute Gasteiger partial charge is 0.306 e. The lowest BCUT2D eigenvalue weighted by Gasteiger charge is -2.15. The Labute approximate surface area is 121 Å². The first-order chi connectivity index (χ1) is 9.93. The van der Waals surface area contributed by atoms with Crippen molar-refractivity contribution in [3.8, 4) is 11.1 Å². The van der Waals surface area contributed by atoms with Gasteiger partial charge in [0, 0.05) is 0 Å². The summed E-state index contributed by atoms with van der Waals surface area (Å²) in [7, 11) is 0. The van der Waals surface area contributed by atoms with Gasteiger partial charge in [0.2, 0.25) is 0 Å². The van der Waals surface area contributed by atoms with E-state index in [0.717, 1.165) is 12.5 Å². The highest BCUT2D eigenvalue weighted by molar-refractivity contribution is 5.78. The van der Waals surface area contributed by atoms with Crippen LogP contribution in [0.5, 0.6) is 0 Å². The fraction of sp³-hybridized carbons (Fsp3) is 0.368. The van der Waals surface area contributed by atoms with E-state index < -0.39 is 0 Å². The zero-order chi connectivity index (χ0) is 13.4. The van der Waals surface area contributed by atoms with Crippen molar-refractivity contribution in [2.45, 2.75) is 31.7 Å². The first-order valence-electron chi connectivity index (χ1n) is 7.85. The van der Waals surface area contributed by atoms with Crippen LogP contribution in [0.15, 0.2) is 48.5 Å². The average molecular weight is 263 g/mol. The van der Waals surface area contributed by atoms with Gasteiger partial charge in [-0.2, -0.15) is 0 Å². The summed E-state index contributed by atoms with van der Waals surface area (Å²) in [6, 6.07) is 18.0. The van der Waals surface area contributed by atoms with Gasteiger partial charge in [-0.05, 0) is 47.6 Å². The Morgan fingerprint density at radius 2 is 1.45 bits per heavy atom. The molecule has 1 heteroatoms. The Hall–Kier alpha value is -1.60. The van der Waals surface area contributed by atoms with E-state index in [9.17, 15) is 0 Å². The van der Waals surface area contributed by atoms with Gasteiger partial charge in [-0.25, -0.2) is 0 Å². The van der Waals surface area contributed by atoms with Crippen molar-refractivity contribution >= 4 is 0 Å². The number of hydrogen-bond donors (Lipinski definition) is 1. The summed E-state index contributed by atoms with van der Waals surface area (Å²) in [5.41, 5.74) is 5.70. The van der Waals surface area contributed by atoms with Crippen molar-refractivity contribution in [1.82, 2.24) is 5.32 Å². The zero-order valence-electron chi connectivity index (χ0n) is 11.8. The summed E-state index contributed by atoms with van der Waals surface area (Å²) in [6.07, 6.45) is 5.65. The Bertz CT molecular complexity index is 567. The number of benzene rings is 2. The predicted molar refractivity (Wildman–Crippen MR) is 83.7 cm³/mol. The third-order valence-corrected chi connectivity index (χ3v) is 4.67. The Morgan fingerprint density at radius 3 is 2.05 bits per heavy atom. The molecule has 1 N–H and O–H groups in total. The molecular weight excluding hydrogens is 242 g/mol. The van der Waals surface area contributed by atoms with Crippen LogP contribution >= 0.6 is 0 Å². The van der Waals surface area contributed by atoms with Crippen molar-refractivity contribution in [3.63, 3.8) is 0 Å². The van der Waals surface area contributed by atoms with Crippen molar-refractivity contribution in [2.24, 2.45) is 5.92 Å². The fourth-order valence-electron chi connectivity index (χ4n) is 3.42. The van der Waals surface area contributed by atoms with E-state index in [1.807, 2.05) is 0 Å². The van der Waals surface area contributed by atoms with Gasteiger partial charge in [0.1, 0.15) is 0 Å². The second-order valence-corrected chi connectivity index (χ2v) is 6.15. The highest BCUT2D eigenvalue weighted by Crippen LogP contribution is 2.43. The molecule has 0 heterocycles. The summed E-state index contributed by atoms with van der Waals surface area (Å²) in [5.74, 6) is 1.04. The van der Waals surface area contributed by atoms with Crippen LogP contribution in [0, 0.1) is 5.92 Å². The van der Waals surface area contributed by atoms with Crippen LogP contribution in [0.3, 0.4) is 0 Å². The van der Waals surface area contributed by atoms with Crippen LogP contribution in [-0.4, -0.2) is 6.54 Å². The predicted octanol–water partition coefficient (Wildman–Crippen LogP) is 4.54. The molecule has 1 nitrogen and oxygen atoms in total. The van der Waals surface area contributed by atoms with E-state index in [1.54, 1.807) is 0 Å². The fourth-order valence-corrected chi connectivity index (χ4v) is 3.42. The lowest BCUT2D eigenvalue weighted by molar-refractivity contribution is 0.557. The molecule has 0 unspecified atom stereocenters. The van der Waals surface area contributed by atoms with Crippen LogP contribution in [0.1, 0.15) is 42.9 Å². The minimum Gasteiger partial charge on any atom is -0.306 e. The summed E-state index contributed by atoms with van der Waals surface area (Å²) in [6.45, 7) is 1.13. The molecule has 0 radical (unpaired) electrons. The smallest absolute Gasteiger partial charge is 0.0588 e. The minimum atomic E-state index is 0.390. The summed E-state index contributed by atoms with van der Waals surface area (Å²) < 4.78 is 0. The summed E-state index contributed by atoms with van der Waals surface area (Å²) in [4.78, 5) is 0. The van der Waals surface area contributed by atoms with Crippen LogP contribution < -0.4 is 5.32 Å². The van der Waals surface area contributed by atoms with Crippen LogP contribution in [0.25, 0.3) is 11.1 Å². The van der Waals surface area contributed by atoms with Gasteiger partial charge in [0.15, 0.2) is 0 Å². The SMILES string of the molecule is c1ccc2c(c1)-c1ccccc1C2NCCCC1CC1. The van der Waals surface area contributed by atoms with E-state index in [2.05, 4.69) is 53.8 Å². The maximum Gasteiger partial charge on any atom is 0.0588 e. The number of nitrogens with one attached hydrogen (secondary N) is 1.